The van der Waals surface area contributed by atoms with E-state index in [1.165, 1.54) is 6.07 Å². The SMILES string of the molecule is Cc1cc(Oc2ccc(CCN)cc2F)ccc1Cl. The fourth-order valence-electron chi connectivity index (χ4n) is 1.76. The van der Waals surface area contributed by atoms with E-state index < -0.39 is 5.82 Å². The Morgan fingerprint density at radius 2 is 2.00 bits per heavy atom. The summed E-state index contributed by atoms with van der Waals surface area (Å²) < 4.78 is 19.4. The van der Waals surface area contributed by atoms with Gasteiger partial charge in [-0.25, -0.2) is 4.39 Å². The van der Waals surface area contributed by atoms with Gasteiger partial charge in [0.25, 0.3) is 0 Å². The number of benzene rings is 2. The van der Waals surface area contributed by atoms with Crippen LogP contribution in [0.4, 0.5) is 4.39 Å². The molecule has 2 nitrogen and oxygen atoms in total. The Labute approximate surface area is 117 Å². The molecule has 0 aromatic heterocycles. The first-order valence-corrected chi connectivity index (χ1v) is 6.40. The monoisotopic (exact) mass is 279 g/mol. The molecule has 100 valence electrons. The van der Waals surface area contributed by atoms with Crippen LogP contribution < -0.4 is 10.5 Å². The average molecular weight is 280 g/mol. The molecule has 4 heteroatoms. The van der Waals surface area contributed by atoms with Gasteiger partial charge >= 0.3 is 0 Å². The highest BCUT2D eigenvalue weighted by Crippen LogP contribution is 2.28. The maximum atomic E-state index is 13.8. The number of aryl methyl sites for hydroxylation is 1. The molecule has 2 N–H and O–H groups in total. The van der Waals surface area contributed by atoms with Gasteiger partial charge in [0, 0.05) is 5.02 Å². The molecule has 0 fully saturated rings. The molecule has 0 bridgehead atoms. The maximum absolute atomic E-state index is 13.8. The summed E-state index contributed by atoms with van der Waals surface area (Å²) >= 11 is 5.93. The number of halogens is 2. The van der Waals surface area contributed by atoms with E-state index in [2.05, 4.69) is 0 Å². The molecule has 2 aromatic carbocycles. The van der Waals surface area contributed by atoms with Crippen molar-refractivity contribution in [3.8, 4) is 11.5 Å². The molecular weight excluding hydrogens is 265 g/mol. The van der Waals surface area contributed by atoms with Crippen molar-refractivity contribution >= 4 is 11.6 Å². The van der Waals surface area contributed by atoms with Crippen LogP contribution >= 0.6 is 11.6 Å². The second kappa shape index (κ2) is 6.04. The van der Waals surface area contributed by atoms with Crippen LogP contribution in [0, 0.1) is 12.7 Å². The summed E-state index contributed by atoms with van der Waals surface area (Å²) in [5, 5.41) is 0.658. The molecule has 0 saturated heterocycles. The van der Waals surface area contributed by atoms with E-state index in [9.17, 15) is 4.39 Å². The molecule has 0 heterocycles. The van der Waals surface area contributed by atoms with Gasteiger partial charge in [0.2, 0.25) is 0 Å². The summed E-state index contributed by atoms with van der Waals surface area (Å²) in [4.78, 5) is 0. The number of rotatable bonds is 4. The molecule has 0 aliphatic rings. The van der Waals surface area contributed by atoms with Crippen LogP contribution in [0.3, 0.4) is 0 Å². The van der Waals surface area contributed by atoms with Crippen LogP contribution in [0.1, 0.15) is 11.1 Å². The van der Waals surface area contributed by atoms with Gasteiger partial charge in [-0.15, -0.1) is 0 Å². The lowest BCUT2D eigenvalue weighted by Crippen LogP contribution is -2.03. The number of nitrogens with two attached hydrogens (primary N) is 1. The first-order valence-electron chi connectivity index (χ1n) is 6.02. The molecule has 0 unspecified atom stereocenters. The molecule has 19 heavy (non-hydrogen) atoms. The van der Waals surface area contributed by atoms with Crippen molar-refractivity contribution in [2.24, 2.45) is 5.73 Å². The average Bonchev–Trinajstić information content (AvgIpc) is 2.37. The fourth-order valence-corrected chi connectivity index (χ4v) is 1.87. The molecule has 0 atom stereocenters. The third-order valence-electron chi connectivity index (χ3n) is 2.79. The van der Waals surface area contributed by atoms with Crippen LogP contribution in [0.5, 0.6) is 11.5 Å². The lowest BCUT2D eigenvalue weighted by atomic mass is 10.1. The van der Waals surface area contributed by atoms with E-state index in [4.69, 9.17) is 22.1 Å². The summed E-state index contributed by atoms with van der Waals surface area (Å²) in [7, 11) is 0. The Balaban J connectivity index is 2.20. The highest BCUT2D eigenvalue weighted by atomic mass is 35.5. The first kappa shape index (κ1) is 13.8. The van der Waals surface area contributed by atoms with Gasteiger partial charge in [0.05, 0.1) is 0 Å². The molecule has 0 aliphatic carbocycles. The van der Waals surface area contributed by atoms with E-state index >= 15 is 0 Å². The van der Waals surface area contributed by atoms with Crippen molar-refractivity contribution in [3.63, 3.8) is 0 Å². The predicted octanol–water partition coefficient (Wildman–Crippen LogP) is 4.08. The van der Waals surface area contributed by atoms with Crippen LogP contribution in [0.2, 0.25) is 5.02 Å². The molecule has 0 radical (unpaired) electrons. The van der Waals surface area contributed by atoms with Crippen molar-refractivity contribution < 1.29 is 9.13 Å². The maximum Gasteiger partial charge on any atom is 0.165 e. The van der Waals surface area contributed by atoms with Gasteiger partial charge in [-0.05, 0) is 61.3 Å². The summed E-state index contributed by atoms with van der Waals surface area (Å²) in [6, 6.07) is 10.1. The van der Waals surface area contributed by atoms with Gasteiger partial charge in [-0.2, -0.15) is 0 Å². The normalized spacial score (nSPS) is 10.5. The second-order valence-electron chi connectivity index (χ2n) is 4.32. The van der Waals surface area contributed by atoms with E-state index in [1.54, 1.807) is 24.3 Å². The molecule has 0 aliphatic heterocycles. The number of hydrogen-bond donors (Lipinski definition) is 1. The summed E-state index contributed by atoms with van der Waals surface area (Å²) in [5.74, 6) is 0.369. The first-order chi connectivity index (χ1) is 9.10. The summed E-state index contributed by atoms with van der Waals surface area (Å²) in [6.07, 6.45) is 0.650. The molecule has 2 rings (SSSR count). The van der Waals surface area contributed by atoms with Crippen molar-refractivity contribution in [2.75, 3.05) is 6.54 Å². The Hall–Kier alpha value is -1.58. The lowest BCUT2D eigenvalue weighted by molar-refractivity contribution is 0.441. The van der Waals surface area contributed by atoms with Gasteiger partial charge < -0.3 is 10.5 Å². The highest BCUT2D eigenvalue weighted by Gasteiger charge is 2.07. The molecule has 2 aromatic rings. The quantitative estimate of drug-likeness (QED) is 0.915. The Morgan fingerprint density at radius 3 is 2.63 bits per heavy atom. The predicted molar refractivity (Wildman–Crippen MR) is 75.4 cm³/mol. The van der Waals surface area contributed by atoms with Crippen LogP contribution in [0.25, 0.3) is 0 Å². The van der Waals surface area contributed by atoms with Gasteiger partial charge in [0.1, 0.15) is 5.75 Å². The smallest absolute Gasteiger partial charge is 0.165 e. The zero-order valence-corrected chi connectivity index (χ0v) is 11.4. The van der Waals surface area contributed by atoms with Gasteiger partial charge in [0.15, 0.2) is 11.6 Å². The standard InChI is InChI=1S/C15H15ClFNO/c1-10-8-12(3-4-13(10)16)19-15-5-2-11(6-7-18)9-14(15)17/h2-5,8-9H,6-7,18H2,1H3. The zero-order chi connectivity index (χ0) is 13.8. The van der Waals surface area contributed by atoms with Crippen LogP contribution in [-0.4, -0.2) is 6.54 Å². The van der Waals surface area contributed by atoms with E-state index in [-0.39, 0.29) is 5.75 Å². The van der Waals surface area contributed by atoms with Gasteiger partial charge in [-0.1, -0.05) is 17.7 Å². The zero-order valence-electron chi connectivity index (χ0n) is 10.6. The third-order valence-corrected chi connectivity index (χ3v) is 3.21. The highest BCUT2D eigenvalue weighted by molar-refractivity contribution is 6.31. The minimum Gasteiger partial charge on any atom is -0.454 e. The van der Waals surface area contributed by atoms with Gasteiger partial charge in [-0.3, -0.25) is 0 Å². The molecule has 0 amide bonds. The molecule has 0 spiro atoms. The molecular formula is C15H15ClFNO. The van der Waals surface area contributed by atoms with Crippen molar-refractivity contribution in [1.82, 2.24) is 0 Å². The van der Waals surface area contributed by atoms with E-state index in [0.29, 0.717) is 23.7 Å². The summed E-state index contributed by atoms with van der Waals surface area (Å²) in [6.45, 7) is 2.37. The topological polar surface area (TPSA) is 35.2 Å². The van der Waals surface area contributed by atoms with E-state index in [1.807, 2.05) is 13.0 Å². The van der Waals surface area contributed by atoms with E-state index in [0.717, 1.165) is 11.1 Å². The molecule has 0 saturated carbocycles. The van der Waals surface area contributed by atoms with Crippen LogP contribution in [0.15, 0.2) is 36.4 Å². The lowest BCUT2D eigenvalue weighted by Gasteiger charge is -2.09. The van der Waals surface area contributed by atoms with Crippen molar-refractivity contribution in [1.29, 1.82) is 0 Å². The fraction of sp³-hybridized carbons (Fsp3) is 0.200. The number of ether oxygens (including phenoxy) is 1. The van der Waals surface area contributed by atoms with Crippen molar-refractivity contribution in [3.05, 3.63) is 58.4 Å². The van der Waals surface area contributed by atoms with Crippen molar-refractivity contribution in [2.45, 2.75) is 13.3 Å². The Bertz CT molecular complexity index is 586. The number of hydrogen-bond acceptors (Lipinski definition) is 2. The Kier molecular flexibility index (Phi) is 4.40. The minimum absolute atomic E-state index is 0.197. The summed E-state index contributed by atoms with van der Waals surface area (Å²) in [5.41, 5.74) is 7.19. The second-order valence-corrected chi connectivity index (χ2v) is 4.72. The third kappa shape index (κ3) is 3.46. The van der Waals surface area contributed by atoms with Crippen LogP contribution in [-0.2, 0) is 6.42 Å². The largest absolute Gasteiger partial charge is 0.454 e. The minimum atomic E-state index is -0.390. The Morgan fingerprint density at radius 1 is 1.21 bits per heavy atom.